The van der Waals surface area contributed by atoms with Gasteiger partial charge in [0.1, 0.15) is 11.5 Å². The zero-order valence-electron chi connectivity index (χ0n) is 10.3. The van der Waals surface area contributed by atoms with Crippen molar-refractivity contribution in [3.8, 4) is 11.3 Å². The quantitative estimate of drug-likeness (QED) is 0.913. The number of nitrogens with one attached hydrogen (secondary N) is 1. The average Bonchev–Trinajstić information content (AvgIpc) is 2.80. The van der Waals surface area contributed by atoms with Crippen LogP contribution in [0.25, 0.3) is 11.3 Å². The zero-order valence-corrected chi connectivity index (χ0v) is 11.8. The van der Waals surface area contributed by atoms with E-state index in [0.29, 0.717) is 0 Å². The summed E-state index contributed by atoms with van der Waals surface area (Å²) in [5.41, 5.74) is 2.32. The van der Waals surface area contributed by atoms with Crippen molar-refractivity contribution in [1.29, 1.82) is 0 Å². The minimum Gasteiger partial charge on any atom is -0.459 e. The smallest absolute Gasteiger partial charge is 0.135 e. The van der Waals surface area contributed by atoms with Crippen molar-refractivity contribution in [3.05, 3.63) is 46.1 Å². The number of hydrogen-bond donors (Lipinski definition) is 1. The van der Waals surface area contributed by atoms with Gasteiger partial charge in [0, 0.05) is 10.0 Å². The van der Waals surface area contributed by atoms with E-state index in [1.165, 1.54) is 5.56 Å². The third-order valence-electron chi connectivity index (χ3n) is 2.87. The van der Waals surface area contributed by atoms with E-state index < -0.39 is 0 Å². The van der Waals surface area contributed by atoms with Crippen LogP contribution in [0.15, 0.2) is 39.2 Å². The van der Waals surface area contributed by atoms with Gasteiger partial charge >= 0.3 is 0 Å². The van der Waals surface area contributed by atoms with Crippen LogP contribution in [0.1, 0.15) is 24.3 Å². The van der Waals surface area contributed by atoms with Gasteiger partial charge in [-0.2, -0.15) is 0 Å². The van der Waals surface area contributed by atoms with Crippen LogP contribution in [-0.4, -0.2) is 7.05 Å². The SMILES string of the molecule is CNC(C)c1ccc(-c2cc(C)ccc2Br)o1. The number of rotatable bonds is 3. The topological polar surface area (TPSA) is 25.2 Å². The Morgan fingerprint density at radius 3 is 2.71 bits per heavy atom. The molecule has 2 nitrogen and oxygen atoms in total. The summed E-state index contributed by atoms with van der Waals surface area (Å²) in [7, 11) is 1.93. The highest BCUT2D eigenvalue weighted by Gasteiger charge is 2.11. The van der Waals surface area contributed by atoms with E-state index >= 15 is 0 Å². The minimum absolute atomic E-state index is 0.229. The molecular formula is C14H16BrNO. The largest absolute Gasteiger partial charge is 0.459 e. The Kier molecular flexibility index (Phi) is 3.69. The average molecular weight is 294 g/mol. The van der Waals surface area contributed by atoms with Crippen molar-refractivity contribution >= 4 is 15.9 Å². The van der Waals surface area contributed by atoms with Crippen LogP contribution in [-0.2, 0) is 0 Å². The lowest BCUT2D eigenvalue weighted by Gasteiger charge is -2.06. The first-order valence-electron chi connectivity index (χ1n) is 5.65. The van der Waals surface area contributed by atoms with Crippen LogP contribution in [0, 0.1) is 6.92 Å². The van der Waals surface area contributed by atoms with Crippen molar-refractivity contribution in [1.82, 2.24) is 5.32 Å². The molecule has 0 amide bonds. The normalized spacial score (nSPS) is 12.7. The lowest BCUT2D eigenvalue weighted by atomic mass is 10.1. The molecule has 1 atom stereocenters. The summed E-state index contributed by atoms with van der Waals surface area (Å²) in [5.74, 6) is 1.86. The monoisotopic (exact) mass is 293 g/mol. The van der Waals surface area contributed by atoms with Crippen LogP contribution in [0.2, 0.25) is 0 Å². The summed E-state index contributed by atoms with van der Waals surface area (Å²) in [6.45, 7) is 4.16. The first-order chi connectivity index (χ1) is 8.11. The fraction of sp³-hybridized carbons (Fsp3) is 0.286. The number of hydrogen-bond acceptors (Lipinski definition) is 2. The molecule has 0 fully saturated rings. The third-order valence-corrected chi connectivity index (χ3v) is 3.57. The van der Waals surface area contributed by atoms with Gasteiger partial charge in [0.15, 0.2) is 0 Å². The zero-order chi connectivity index (χ0) is 12.4. The summed E-state index contributed by atoms with van der Waals surface area (Å²) >= 11 is 3.55. The molecule has 0 aliphatic heterocycles. The van der Waals surface area contributed by atoms with Crippen LogP contribution in [0.4, 0.5) is 0 Å². The van der Waals surface area contributed by atoms with E-state index in [9.17, 15) is 0 Å². The lowest BCUT2D eigenvalue weighted by Crippen LogP contribution is -2.11. The van der Waals surface area contributed by atoms with Crippen molar-refractivity contribution in [2.45, 2.75) is 19.9 Å². The van der Waals surface area contributed by atoms with Gasteiger partial charge < -0.3 is 9.73 Å². The third kappa shape index (κ3) is 2.61. The molecule has 0 aliphatic rings. The Bertz CT molecular complexity index is 519. The van der Waals surface area contributed by atoms with Gasteiger partial charge in [0.05, 0.1) is 6.04 Å². The second-order valence-electron chi connectivity index (χ2n) is 4.20. The maximum atomic E-state index is 5.87. The Balaban J connectivity index is 2.40. The number of halogens is 1. The molecule has 0 saturated heterocycles. The Morgan fingerprint density at radius 2 is 2.00 bits per heavy atom. The Morgan fingerprint density at radius 1 is 1.24 bits per heavy atom. The molecular weight excluding hydrogens is 278 g/mol. The van der Waals surface area contributed by atoms with Crippen molar-refractivity contribution in [2.75, 3.05) is 7.05 Å². The molecule has 1 unspecified atom stereocenters. The van der Waals surface area contributed by atoms with Crippen LogP contribution < -0.4 is 5.32 Å². The summed E-state index contributed by atoms with van der Waals surface area (Å²) in [6.07, 6.45) is 0. The maximum absolute atomic E-state index is 5.87. The second-order valence-corrected chi connectivity index (χ2v) is 5.05. The van der Waals surface area contributed by atoms with E-state index in [-0.39, 0.29) is 6.04 Å². The highest BCUT2D eigenvalue weighted by Crippen LogP contribution is 2.31. The molecule has 17 heavy (non-hydrogen) atoms. The number of aryl methyl sites for hydroxylation is 1. The molecule has 90 valence electrons. The number of furan rings is 1. The molecule has 0 bridgehead atoms. The van der Waals surface area contributed by atoms with Gasteiger partial charge in [-0.25, -0.2) is 0 Å². The van der Waals surface area contributed by atoms with Crippen molar-refractivity contribution in [2.24, 2.45) is 0 Å². The summed E-state index contributed by atoms with van der Waals surface area (Å²) in [5, 5.41) is 3.17. The van der Waals surface area contributed by atoms with Gasteiger partial charge in [0.2, 0.25) is 0 Å². The van der Waals surface area contributed by atoms with Crippen molar-refractivity contribution in [3.63, 3.8) is 0 Å². The molecule has 2 aromatic rings. The molecule has 1 aromatic heterocycles. The van der Waals surface area contributed by atoms with Gasteiger partial charge in [-0.3, -0.25) is 0 Å². The fourth-order valence-corrected chi connectivity index (χ4v) is 2.14. The van der Waals surface area contributed by atoms with E-state index in [4.69, 9.17) is 4.42 Å². The van der Waals surface area contributed by atoms with Crippen molar-refractivity contribution < 1.29 is 4.42 Å². The Hall–Kier alpha value is -1.06. The Labute approximate surface area is 110 Å². The second kappa shape index (κ2) is 5.07. The predicted molar refractivity (Wildman–Crippen MR) is 74.1 cm³/mol. The highest BCUT2D eigenvalue weighted by molar-refractivity contribution is 9.10. The summed E-state index contributed by atoms with van der Waals surface area (Å²) < 4.78 is 6.92. The van der Waals surface area contributed by atoms with E-state index in [1.54, 1.807) is 0 Å². The molecule has 0 saturated carbocycles. The van der Waals surface area contributed by atoms with E-state index in [2.05, 4.69) is 47.2 Å². The molecule has 1 heterocycles. The molecule has 1 N–H and O–H groups in total. The van der Waals surface area contributed by atoms with Crippen LogP contribution in [0.3, 0.4) is 0 Å². The number of benzene rings is 1. The first kappa shape index (κ1) is 12.4. The predicted octanol–water partition coefficient (Wildman–Crippen LogP) is 4.30. The molecule has 0 radical (unpaired) electrons. The highest BCUT2D eigenvalue weighted by atomic mass is 79.9. The standard InChI is InChI=1S/C14H16BrNO/c1-9-4-5-12(15)11(8-9)14-7-6-13(17-14)10(2)16-3/h4-8,10,16H,1-3H3. The minimum atomic E-state index is 0.229. The van der Waals surface area contributed by atoms with Crippen LogP contribution in [0.5, 0.6) is 0 Å². The summed E-state index contributed by atoms with van der Waals surface area (Å²) in [4.78, 5) is 0. The molecule has 1 aromatic carbocycles. The molecule has 2 rings (SSSR count). The lowest BCUT2D eigenvalue weighted by molar-refractivity contribution is 0.458. The van der Waals surface area contributed by atoms with Crippen LogP contribution >= 0.6 is 15.9 Å². The molecule has 0 aliphatic carbocycles. The molecule has 0 spiro atoms. The van der Waals surface area contributed by atoms with E-state index in [1.807, 2.05) is 25.2 Å². The molecule has 3 heteroatoms. The van der Waals surface area contributed by atoms with E-state index in [0.717, 1.165) is 21.6 Å². The van der Waals surface area contributed by atoms with Gasteiger partial charge in [0.25, 0.3) is 0 Å². The summed E-state index contributed by atoms with van der Waals surface area (Å²) in [6, 6.07) is 10.5. The van der Waals surface area contributed by atoms with Gasteiger partial charge in [-0.05, 0) is 45.2 Å². The fourth-order valence-electron chi connectivity index (χ4n) is 1.70. The van der Waals surface area contributed by atoms with Gasteiger partial charge in [-0.15, -0.1) is 0 Å². The maximum Gasteiger partial charge on any atom is 0.135 e. The van der Waals surface area contributed by atoms with Gasteiger partial charge in [-0.1, -0.05) is 27.6 Å². The first-order valence-corrected chi connectivity index (χ1v) is 6.44.